The summed E-state index contributed by atoms with van der Waals surface area (Å²) in [6, 6.07) is 4.87. The fourth-order valence-electron chi connectivity index (χ4n) is 3.48. The summed E-state index contributed by atoms with van der Waals surface area (Å²) in [4.78, 5) is 33.8. The third kappa shape index (κ3) is 4.21. The first-order valence-electron chi connectivity index (χ1n) is 9.22. The van der Waals surface area contributed by atoms with Crippen LogP contribution in [0.25, 0.3) is 12.2 Å². The molecule has 11 nitrogen and oxygen atoms in total. The van der Waals surface area contributed by atoms with Crippen LogP contribution in [0.1, 0.15) is 24.0 Å². The van der Waals surface area contributed by atoms with Crippen molar-refractivity contribution in [3.63, 3.8) is 0 Å². The third-order valence-electron chi connectivity index (χ3n) is 4.87. The molecule has 1 saturated carbocycles. The Morgan fingerprint density at radius 2 is 1.19 bits per heavy atom. The van der Waals surface area contributed by atoms with E-state index in [0.29, 0.717) is 24.0 Å². The van der Waals surface area contributed by atoms with Crippen molar-refractivity contribution in [2.75, 3.05) is 14.2 Å². The van der Waals surface area contributed by atoms with Gasteiger partial charge in [-0.2, -0.15) is 0 Å². The summed E-state index contributed by atoms with van der Waals surface area (Å²) in [6.07, 6.45) is 3.53. The number of Topliss-reactive ketones (excluding diaryl/α,β-unsaturated/α-hetero) is 1. The number of methoxy groups -OCH3 is 2. The van der Waals surface area contributed by atoms with Crippen molar-refractivity contribution in [1.29, 1.82) is 0 Å². The van der Waals surface area contributed by atoms with Crippen molar-refractivity contribution >= 4 is 29.3 Å². The van der Waals surface area contributed by atoms with E-state index >= 15 is 0 Å². The fourth-order valence-corrected chi connectivity index (χ4v) is 3.48. The van der Waals surface area contributed by atoms with Crippen LogP contribution in [-0.2, 0) is 4.79 Å². The Balaban J connectivity index is 1.96. The quantitative estimate of drug-likeness (QED) is 0.385. The summed E-state index contributed by atoms with van der Waals surface area (Å²) in [5.41, 5.74) is 0.308. The number of allylic oxidation sites excluding steroid dienone is 2. The molecule has 0 aliphatic heterocycles. The number of benzene rings is 2. The number of nitro groups is 2. The van der Waals surface area contributed by atoms with Crippen LogP contribution in [0.4, 0.5) is 11.4 Å². The number of carbonyl (C=O) groups excluding carboxylic acids is 1. The van der Waals surface area contributed by atoms with Crippen molar-refractivity contribution in [2.45, 2.75) is 12.8 Å². The molecular weight excluding hydrogens is 424 g/mol. The van der Waals surface area contributed by atoms with Gasteiger partial charge in [0.2, 0.25) is 11.5 Å². The lowest BCUT2D eigenvalue weighted by Crippen LogP contribution is -1.98. The Hall–Kier alpha value is -4.41. The van der Waals surface area contributed by atoms with Gasteiger partial charge < -0.3 is 19.7 Å². The Morgan fingerprint density at radius 1 is 0.812 bits per heavy atom. The highest BCUT2D eigenvalue weighted by Crippen LogP contribution is 2.40. The summed E-state index contributed by atoms with van der Waals surface area (Å²) < 4.78 is 9.71. The van der Waals surface area contributed by atoms with Gasteiger partial charge in [0.1, 0.15) is 0 Å². The molecule has 2 aromatic rings. The molecule has 166 valence electrons. The van der Waals surface area contributed by atoms with Crippen LogP contribution in [0, 0.1) is 20.2 Å². The summed E-state index contributed by atoms with van der Waals surface area (Å²) in [6.45, 7) is 0. The van der Waals surface area contributed by atoms with Gasteiger partial charge in [-0.3, -0.25) is 25.0 Å². The van der Waals surface area contributed by atoms with E-state index in [4.69, 9.17) is 9.47 Å². The third-order valence-corrected chi connectivity index (χ3v) is 4.87. The van der Waals surface area contributed by atoms with E-state index in [1.807, 2.05) is 0 Å². The lowest BCUT2D eigenvalue weighted by atomic mass is 10.0. The second kappa shape index (κ2) is 8.76. The summed E-state index contributed by atoms with van der Waals surface area (Å²) in [5.74, 6) is -1.78. The second-order valence-corrected chi connectivity index (χ2v) is 6.87. The monoisotopic (exact) mass is 442 g/mol. The molecule has 0 saturated heterocycles. The number of nitro benzene ring substituents is 2. The fraction of sp³-hybridized carbons (Fsp3) is 0.190. The van der Waals surface area contributed by atoms with Gasteiger partial charge >= 0.3 is 11.4 Å². The molecule has 0 radical (unpaired) electrons. The predicted molar refractivity (Wildman–Crippen MR) is 113 cm³/mol. The maximum atomic E-state index is 12.8. The number of hydrogen-bond donors (Lipinski definition) is 2. The lowest BCUT2D eigenvalue weighted by Gasteiger charge is -2.06. The molecule has 1 aliphatic carbocycles. The van der Waals surface area contributed by atoms with Gasteiger partial charge in [0.05, 0.1) is 24.1 Å². The lowest BCUT2D eigenvalue weighted by molar-refractivity contribution is -0.386. The van der Waals surface area contributed by atoms with Crippen LogP contribution in [0.3, 0.4) is 0 Å². The Morgan fingerprint density at radius 3 is 1.50 bits per heavy atom. The van der Waals surface area contributed by atoms with Crippen molar-refractivity contribution in [3.8, 4) is 23.0 Å². The van der Waals surface area contributed by atoms with Gasteiger partial charge in [0.15, 0.2) is 17.3 Å². The maximum Gasteiger partial charge on any atom is 0.315 e. The van der Waals surface area contributed by atoms with Crippen LogP contribution >= 0.6 is 0 Å². The van der Waals surface area contributed by atoms with Gasteiger partial charge in [0.25, 0.3) is 0 Å². The average Bonchev–Trinajstić information content (AvgIpc) is 3.06. The normalized spacial score (nSPS) is 15.9. The molecule has 32 heavy (non-hydrogen) atoms. The van der Waals surface area contributed by atoms with Gasteiger partial charge in [-0.05, 0) is 48.3 Å². The highest BCUT2D eigenvalue weighted by molar-refractivity contribution is 6.15. The predicted octanol–water partition coefficient (Wildman–Crippen LogP) is 3.76. The van der Waals surface area contributed by atoms with Crippen LogP contribution in [-0.4, -0.2) is 40.1 Å². The molecule has 11 heteroatoms. The van der Waals surface area contributed by atoms with E-state index in [9.17, 15) is 35.2 Å². The van der Waals surface area contributed by atoms with Crippen molar-refractivity contribution < 1.29 is 34.3 Å². The van der Waals surface area contributed by atoms with E-state index in [1.165, 1.54) is 50.6 Å². The molecule has 3 rings (SSSR count). The zero-order valence-electron chi connectivity index (χ0n) is 17.0. The van der Waals surface area contributed by atoms with Crippen LogP contribution in [0.2, 0.25) is 0 Å². The smallest absolute Gasteiger partial charge is 0.315 e. The summed E-state index contributed by atoms with van der Waals surface area (Å²) in [5, 5.41) is 42.5. The van der Waals surface area contributed by atoms with E-state index in [-0.39, 0.29) is 28.4 Å². The maximum absolute atomic E-state index is 12.8. The first-order chi connectivity index (χ1) is 15.2. The average molecular weight is 442 g/mol. The minimum Gasteiger partial charge on any atom is -0.504 e. The Labute approximate surface area is 181 Å². The highest BCUT2D eigenvalue weighted by Gasteiger charge is 2.26. The number of aromatic hydroxyl groups is 2. The molecule has 0 unspecified atom stereocenters. The largest absolute Gasteiger partial charge is 0.504 e. The number of phenolic OH excluding ortho intramolecular Hbond substituents is 2. The molecule has 0 heterocycles. The van der Waals surface area contributed by atoms with E-state index in [2.05, 4.69) is 0 Å². The SMILES string of the molecule is COc1c(O)cc(/C=C2/CC/C(=C/c3cc(O)c(OC)c([N+](=O)[O-])c3)C2=O)cc1[N+](=O)[O-]. The standard InChI is InChI=1S/C21H18N2O9/c1-31-20-15(22(27)28)7-11(9-17(20)24)5-13-3-4-14(19(13)26)6-12-8-16(23(29)30)21(32-2)18(25)10-12/h5-10,24-25H,3-4H2,1-2H3/b13-5-,14-6-. The van der Waals surface area contributed by atoms with Crippen molar-refractivity contribution in [3.05, 3.63) is 66.8 Å². The number of phenols is 2. The minimum absolute atomic E-state index is 0.248. The molecule has 0 bridgehead atoms. The number of carbonyl (C=O) groups is 1. The summed E-state index contributed by atoms with van der Waals surface area (Å²) >= 11 is 0. The zero-order valence-corrected chi connectivity index (χ0v) is 17.0. The summed E-state index contributed by atoms with van der Waals surface area (Å²) in [7, 11) is 2.39. The van der Waals surface area contributed by atoms with Crippen LogP contribution < -0.4 is 9.47 Å². The molecule has 0 aromatic heterocycles. The Kier molecular flexibility index (Phi) is 6.10. The van der Waals surface area contributed by atoms with Crippen molar-refractivity contribution in [2.24, 2.45) is 0 Å². The minimum atomic E-state index is -0.703. The first-order valence-corrected chi connectivity index (χ1v) is 9.22. The number of rotatable bonds is 6. The van der Waals surface area contributed by atoms with Gasteiger partial charge in [-0.1, -0.05) is 0 Å². The zero-order chi connectivity index (χ0) is 23.6. The molecule has 2 aromatic carbocycles. The molecule has 0 amide bonds. The van der Waals surface area contributed by atoms with Gasteiger partial charge in [0, 0.05) is 23.3 Å². The van der Waals surface area contributed by atoms with E-state index in [1.54, 1.807) is 0 Å². The van der Waals surface area contributed by atoms with E-state index < -0.39 is 32.7 Å². The number of nitrogens with zero attached hydrogens (tertiary/aromatic N) is 2. The van der Waals surface area contributed by atoms with Gasteiger partial charge in [-0.25, -0.2) is 0 Å². The molecule has 0 spiro atoms. The van der Waals surface area contributed by atoms with E-state index in [0.717, 1.165) is 0 Å². The number of hydrogen-bond acceptors (Lipinski definition) is 9. The molecule has 1 fully saturated rings. The Bertz CT molecular complexity index is 1110. The van der Waals surface area contributed by atoms with Crippen LogP contribution in [0.15, 0.2) is 35.4 Å². The van der Waals surface area contributed by atoms with Crippen LogP contribution in [0.5, 0.6) is 23.0 Å². The van der Waals surface area contributed by atoms with Crippen molar-refractivity contribution in [1.82, 2.24) is 0 Å². The first kappa shape index (κ1) is 22.3. The molecule has 1 aliphatic rings. The molecule has 2 N–H and O–H groups in total. The molecule has 0 atom stereocenters. The molecular formula is C21H18N2O9. The number of ether oxygens (including phenoxy) is 2. The highest BCUT2D eigenvalue weighted by atomic mass is 16.6. The topological polar surface area (TPSA) is 162 Å². The van der Waals surface area contributed by atoms with Gasteiger partial charge in [-0.15, -0.1) is 0 Å². The number of ketones is 1. The second-order valence-electron chi connectivity index (χ2n) is 6.87.